The maximum Gasteiger partial charge on any atom is 0.257 e. The van der Waals surface area contributed by atoms with E-state index in [0.29, 0.717) is 33.6 Å². The van der Waals surface area contributed by atoms with Gasteiger partial charge in [0.1, 0.15) is 10.6 Å². The second-order valence-corrected chi connectivity index (χ2v) is 7.37. The fourth-order valence-electron chi connectivity index (χ4n) is 3.29. The van der Waals surface area contributed by atoms with Crippen LogP contribution in [0.3, 0.4) is 0 Å². The lowest BCUT2D eigenvalue weighted by molar-refractivity contribution is -0.112. The summed E-state index contributed by atoms with van der Waals surface area (Å²) in [7, 11) is 0. The Hall–Kier alpha value is -2.67. The first-order chi connectivity index (χ1) is 12.7. The molecule has 1 aliphatic carbocycles. The highest BCUT2D eigenvalue weighted by molar-refractivity contribution is 7.18. The van der Waals surface area contributed by atoms with Crippen LogP contribution in [-0.2, 0) is 4.79 Å². The largest absolute Gasteiger partial charge is 0.463 e. The number of anilines is 1. The Morgan fingerprint density at radius 2 is 2.15 bits per heavy atom. The molecule has 2 aromatic rings. The summed E-state index contributed by atoms with van der Waals surface area (Å²) in [5.41, 5.74) is 1.09. The van der Waals surface area contributed by atoms with Crippen molar-refractivity contribution in [3.8, 4) is 11.5 Å². The van der Waals surface area contributed by atoms with Crippen LogP contribution in [-0.4, -0.2) is 23.2 Å². The third kappa shape index (κ3) is 3.35. The fourth-order valence-corrected chi connectivity index (χ4v) is 4.27. The minimum absolute atomic E-state index is 0.0442. The van der Waals surface area contributed by atoms with Gasteiger partial charge in [-0.3, -0.25) is 14.9 Å². The molecule has 1 amide bonds. The molecule has 134 valence electrons. The topological polar surface area (TPSA) is 84.2 Å². The molecule has 1 saturated carbocycles. The van der Waals surface area contributed by atoms with Crippen LogP contribution >= 0.6 is 11.3 Å². The van der Waals surface area contributed by atoms with Gasteiger partial charge in [-0.1, -0.05) is 30.3 Å². The van der Waals surface area contributed by atoms with E-state index in [9.17, 15) is 9.59 Å². The van der Waals surface area contributed by atoms with Crippen molar-refractivity contribution < 1.29 is 14.0 Å². The van der Waals surface area contributed by atoms with Crippen molar-refractivity contribution in [2.45, 2.75) is 25.7 Å². The Morgan fingerprint density at radius 3 is 2.85 bits per heavy atom. The molecule has 0 bridgehead atoms. The van der Waals surface area contributed by atoms with Crippen LogP contribution in [0.25, 0.3) is 11.5 Å². The maximum atomic E-state index is 12.9. The number of carbonyl (C=O) groups is 2. The van der Waals surface area contributed by atoms with Crippen molar-refractivity contribution >= 4 is 28.2 Å². The molecule has 7 heteroatoms. The quantitative estimate of drug-likeness (QED) is 0.784. The highest BCUT2D eigenvalue weighted by atomic mass is 32.1. The van der Waals surface area contributed by atoms with Gasteiger partial charge in [-0.05, 0) is 37.3 Å². The van der Waals surface area contributed by atoms with Crippen LogP contribution in [0.2, 0.25) is 0 Å². The van der Waals surface area contributed by atoms with Gasteiger partial charge in [0.15, 0.2) is 16.7 Å². The van der Waals surface area contributed by atoms with Crippen molar-refractivity contribution in [1.29, 1.82) is 0 Å². The van der Waals surface area contributed by atoms with E-state index >= 15 is 0 Å². The average Bonchev–Trinajstić information content (AvgIpc) is 3.42. The molecule has 2 aromatic heterocycles. The number of dihydropyridines is 1. The minimum Gasteiger partial charge on any atom is -0.463 e. The lowest BCUT2D eigenvalue weighted by atomic mass is 10.0. The molecule has 26 heavy (non-hydrogen) atoms. The molecule has 0 saturated heterocycles. The van der Waals surface area contributed by atoms with Gasteiger partial charge in [0.2, 0.25) is 0 Å². The summed E-state index contributed by atoms with van der Waals surface area (Å²) in [6.45, 7) is 0.611. The minimum atomic E-state index is -0.234. The molecule has 0 aromatic carbocycles. The first kappa shape index (κ1) is 16.8. The standard InChI is InChI=1S/C19H19N3O3S/c23-16(12-4-1-2-5-12)17-15(14-6-3-11-25-14)21-19(26-17)22-18(24)13-7-9-20-10-8-13/h3,6-9,11-12,20H,1-2,4-5,10H2,(H,21,22,24). The van der Waals surface area contributed by atoms with E-state index in [1.165, 1.54) is 11.3 Å². The maximum absolute atomic E-state index is 12.9. The van der Waals surface area contributed by atoms with Crippen molar-refractivity contribution in [2.24, 2.45) is 5.92 Å². The monoisotopic (exact) mass is 369 g/mol. The number of ketones is 1. The van der Waals surface area contributed by atoms with Gasteiger partial charge in [0, 0.05) is 18.0 Å². The number of thiazole rings is 1. The lowest BCUT2D eigenvalue weighted by Crippen LogP contribution is -2.18. The van der Waals surface area contributed by atoms with Gasteiger partial charge in [0.25, 0.3) is 5.91 Å². The van der Waals surface area contributed by atoms with Crippen LogP contribution in [0.1, 0.15) is 35.4 Å². The summed E-state index contributed by atoms with van der Waals surface area (Å²) in [5.74, 6) is 0.460. The summed E-state index contributed by atoms with van der Waals surface area (Å²) in [6.07, 6.45) is 10.8. The van der Waals surface area contributed by atoms with Crippen molar-refractivity contribution in [1.82, 2.24) is 10.3 Å². The summed E-state index contributed by atoms with van der Waals surface area (Å²) >= 11 is 1.23. The molecule has 4 rings (SSSR count). The summed E-state index contributed by atoms with van der Waals surface area (Å²) in [5, 5.41) is 6.22. The first-order valence-electron chi connectivity index (χ1n) is 8.73. The number of rotatable bonds is 5. The molecule has 1 aliphatic heterocycles. The Labute approximate surface area is 155 Å². The van der Waals surface area contributed by atoms with Gasteiger partial charge >= 0.3 is 0 Å². The SMILES string of the molecule is O=C(Nc1nc(-c2ccco2)c(C(=O)C2CCCC2)s1)C1=CCNC=C1. The van der Waals surface area contributed by atoms with Crippen LogP contribution in [0.5, 0.6) is 0 Å². The fraction of sp³-hybridized carbons (Fsp3) is 0.316. The molecular formula is C19H19N3O3S. The Morgan fingerprint density at radius 1 is 1.31 bits per heavy atom. The molecule has 1 fully saturated rings. The zero-order chi connectivity index (χ0) is 17.9. The first-order valence-corrected chi connectivity index (χ1v) is 9.54. The second-order valence-electron chi connectivity index (χ2n) is 6.37. The molecule has 3 heterocycles. The molecule has 0 radical (unpaired) electrons. The summed E-state index contributed by atoms with van der Waals surface area (Å²) in [6, 6.07) is 3.55. The van der Waals surface area contributed by atoms with Gasteiger partial charge in [-0.25, -0.2) is 4.98 Å². The van der Waals surface area contributed by atoms with E-state index in [1.54, 1.807) is 36.7 Å². The van der Waals surface area contributed by atoms with Crippen molar-refractivity contribution in [3.05, 3.63) is 47.2 Å². The van der Waals surface area contributed by atoms with E-state index in [1.807, 2.05) is 0 Å². The predicted octanol–water partition coefficient (Wildman–Crippen LogP) is 3.76. The van der Waals surface area contributed by atoms with E-state index in [-0.39, 0.29) is 17.6 Å². The molecule has 2 N–H and O–H groups in total. The Bertz CT molecular complexity index is 874. The number of amides is 1. The van der Waals surface area contributed by atoms with E-state index in [0.717, 1.165) is 25.7 Å². The Kier molecular flexibility index (Phi) is 4.71. The van der Waals surface area contributed by atoms with Crippen LogP contribution in [0.15, 0.2) is 46.7 Å². The number of aromatic nitrogens is 1. The lowest BCUT2D eigenvalue weighted by Gasteiger charge is -2.07. The van der Waals surface area contributed by atoms with E-state index in [4.69, 9.17) is 4.42 Å². The smallest absolute Gasteiger partial charge is 0.257 e. The molecule has 0 atom stereocenters. The highest BCUT2D eigenvalue weighted by Gasteiger charge is 2.30. The van der Waals surface area contributed by atoms with Crippen molar-refractivity contribution in [2.75, 3.05) is 11.9 Å². The normalized spacial score (nSPS) is 17.0. The number of hydrogen-bond acceptors (Lipinski definition) is 6. The van der Waals surface area contributed by atoms with E-state index in [2.05, 4.69) is 15.6 Å². The number of carbonyl (C=O) groups excluding carboxylic acids is 2. The van der Waals surface area contributed by atoms with Gasteiger partial charge in [0.05, 0.1) is 6.26 Å². The second kappa shape index (κ2) is 7.29. The third-order valence-electron chi connectivity index (χ3n) is 4.63. The van der Waals surface area contributed by atoms with Gasteiger partial charge in [-0.15, -0.1) is 0 Å². The van der Waals surface area contributed by atoms with Crippen LogP contribution < -0.4 is 10.6 Å². The number of hydrogen-bond donors (Lipinski definition) is 2. The van der Waals surface area contributed by atoms with E-state index < -0.39 is 0 Å². The van der Waals surface area contributed by atoms with Crippen LogP contribution in [0.4, 0.5) is 5.13 Å². The number of nitrogens with one attached hydrogen (secondary N) is 2. The number of furan rings is 1. The number of Topliss-reactive ketones (excluding diaryl/α,β-unsaturated/α-hetero) is 1. The zero-order valence-corrected chi connectivity index (χ0v) is 15.0. The summed E-state index contributed by atoms with van der Waals surface area (Å²) in [4.78, 5) is 30.4. The molecule has 0 spiro atoms. The molecule has 6 nitrogen and oxygen atoms in total. The third-order valence-corrected chi connectivity index (χ3v) is 5.62. The highest BCUT2D eigenvalue weighted by Crippen LogP contribution is 2.37. The molecule has 2 aliphatic rings. The van der Waals surface area contributed by atoms with Gasteiger partial charge < -0.3 is 9.73 Å². The zero-order valence-electron chi connectivity index (χ0n) is 14.2. The molecular weight excluding hydrogens is 350 g/mol. The molecule has 0 unspecified atom stereocenters. The number of nitrogens with zero attached hydrogens (tertiary/aromatic N) is 1. The van der Waals surface area contributed by atoms with Gasteiger partial charge in [-0.2, -0.15) is 0 Å². The predicted molar refractivity (Wildman–Crippen MR) is 100.0 cm³/mol. The summed E-state index contributed by atoms with van der Waals surface area (Å²) < 4.78 is 5.46. The average molecular weight is 369 g/mol. The Balaban J connectivity index is 1.62. The van der Waals surface area contributed by atoms with Crippen molar-refractivity contribution in [3.63, 3.8) is 0 Å². The van der Waals surface area contributed by atoms with Crippen LogP contribution in [0, 0.1) is 5.92 Å².